The maximum Gasteiger partial charge on any atom is 0.416 e. The fourth-order valence-corrected chi connectivity index (χ4v) is 2.93. The van der Waals surface area contributed by atoms with Crippen LogP contribution in [0.1, 0.15) is 24.1 Å². The second-order valence-electron chi connectivity index (χ2n) is 6.85. The fourth-order valence-electron chi connectivity index (χ4n) is 2.93. The van der Waals surface area contributed by atoms with E-state index < -0.39 is 17.8 Å². The van der Waals surface area contributed by atoms with E-state index in [0.29, 0.717) is 12.3 Å². The molecular formula is C19H22F3N5O2. The summed E-state index contributed by atoms with van der Waals surface area (Å²) in [6.07, 6.45) is 0.275. The third kappa shape index (κ3) is 6.05. The van der Waals surface area contributed by atoms with Gasteiger partial charge in [-0.3, -0.25) is 10.3 Å². The van der Waals surface area contributed by atoms with E-state index in [2.05, 4.69) is 25.9 Å². The quantitative estimate of drug-likeness (QED) is 0.699. The fraction of sp³-hybridized carbons (Fsp3) is 0.421. The molecule has 2 aromatic rings. The van der Waals surface area contributed by atoms with Crippen LogP contribution in [0.15, 0.2) is 30.6 Å². The van der Waals surface area contributed by atoms with Gasteiger partial charge in [0.15, 0.2) is 5.82 Å². The molecular weight excluding hydrogens is 387 g/mol. The number of aryl methyl sites for hydroxylation is 1. The molecule has 156 valence electrons. The SMILES string of the molecule is Cc1cnc(NC(=O)Nc2cc(C(F)(F)F)ccc2OCC2CCCNC2)cn1. The number of ether oxygens (including phenoxy) is 1. The molecule has 1 fully saturated rings. The van der Waals surface area contributed by atoms with Crippen LogP contribution in [0, 0.1) is 12.8 Å². The third-order valence-corrected chi connectivity index (χ3v) is 4.45. The molecule has 1 aliphatic heterocycles. The van der Waals surface area contributed by atoms with Crippen LogP contribution in [0.3, 0.4) is 0 Å². The molecule has 2 amide bonds. The van der Waals surface area contributed by atoms with Crippen molar-refractivity contribution in [2.75, 3.05) is 30.3 Å². The van der Waals surface area contributed by atoms with Gasteiger partial charge in [-0.2, -0.15) is 13.2 Å². The predicted octanol–water partition coefficient (Wildman–Crippen LogP) is 3.83. The van der Waals surface area contributed by atoms with Crippen LogP contribution in [0.2, 0.25) is 0 Å². The van der Waals surface area contributed by atoms with Gasteiger partial charge >= 0.3 is 12.2 Å². The summed E-state index contributed by atoms with van der Waals surface area (Å²) < 4.78 is 45.0. The summed E-state index contributed by atoms with van der Waals surface area (Å²) in [6.45, 7) is 3.82. The molecule has 0 aliphatic carbocycles. The molecule has 1 aromatic carbocycles. The van der Waals surface area contributed by atoms with Crippen molar-refractivity contribution < 1.29 is 22.7 Å². The normalized spacial score (nSPS) is 16.9. The van der Waals surface area contributed by atoms with Crippen LogP contribution < -0.4 is 20.7 Å². The molecule has 1 saturated heterocycles. The highest BCUT2D eigenvalue weighted by molar-refractivity contribution is 6.00. The Bertz CT molecular complexity index is 837. The molecule has 1 aromatic heterocycles. The number of anilines is 2. The van der Waals surface area contributed by atoms with Crippen molar-refractivity contribution in [1.29, 1.82) is 0 Å². The number of halogens is 3. The molecule has 7 nitrogen and oxygen atoms in total. The lowest BCUT2D eigenvalue weighted by atomic mass is 10.0. The number of urea groups is 1. The van der Waals surface area contributed by atoms with E-state index >= 15 is 0 Å². The standard InChI is InChI=1S/C19H22F3N5O2/c1-12-8-25-17(10-24-12)27-18(28)26-15-7-14(19(20,21)22)4-5-16(15)29-11-13-3-2-6-23-9-13/h4-5,7-8,10,13,23H,2-3,6,9,11H2,1H3,(H2,25,26,27,28). The number of aromatic nitrogens is 2. The first-order chi connectivity index (χ1) is 13.8. The predicted molar refractivity (Wildman–Crippen MR) is 102 cm³/mol. The van der Waals surface area contributed by atoms with Crippen molar-refractivity contribution >= 4 is 17.5 Å². The molecule has 1 unspecified atom stereocenters. The molecule has 2 heterocycles. The Kier molecular flexibility index (Phi) is 6.53. The summed E-state index contributed by atoms with van der Waals surface area (Å²) in [4.78, 5) is 20.2. The van der Waals surface area contributed by atoms with Crippen LogP contribution >= 0.6 is 0 Å². The van der Waals surface area contributed by atoms with Crippen LogP contribution in [0.25, 0.3) is 0 Å². The second kappa shape index (κ2) is 9.08. The number of amides is 2. The molecule has 1 atom stereocenters. The van der Waals surface area contributed by atoms with Crippen molar-refractivity contribution in [2.45, 2.75) is 25.9 Å². The van der Waals surface area contributed by atoms with Gasteiger partial charge in [0.25, 0.3) is 0 Å². The number of hydrogen-bond donors (Lipinski definition) is 3. The number of alkyl halides is 3. The Morgan fingerprint density at radius 3 is 2.76 bits per heavy atom. The van der Waals surface area contributed by atoms with Gasteiger partial charge in [-0.1, -0.05) is 0 Å². The van der Waals surface area contributed by atoms with Gasteiger partial charge in [0.1, 0.15) is 5.75 Å². The van der Waals surface area contributed by atoms with Gasteiger partial charge in [0, 0.05) is 12.5 Å². The minimum absolute atomic E-state index is 0.0684. The van der Waals surface area contributed by atoms with Gasteiger partial charge in [-0.15, -0.1) is 0 Å². The summed E-state index contributed by atoms with van der Waals surface area (Å²) in [5.41, 5.74) is -0.280. The van der Waals surface area contributed by atoms with Crippen LogP contribution in [0.4, 0.5) is 29.5 Å². The maximum absolute atomic E-state index is 13.1. The first-order valence-corrected chi connectivity index (χ1v) is 9.22. The van der Waals surface area contributed by atoms with E-state index in [9.17, 15) is 18.0 Å². The summed E-state index contributed by atoms with van der Waals surface area (Å²) >= 11 is 0. The van der Waals surface area contributed by atoms with Gasteiger partial charge < -0.3 is 15.4 Å². The average Bonchev–Trinajstić information content (AvgIpc) is 2.69. The highest BCUT2D eigenvalue weighted by Crippen LogP contribution is 2.35. The number of nitrogens with zero attached hydrogens (tertiary/aromatic N) is 2. The van der Waals surface area contributed by atoms with Gasteiger partial charge in [0.2, 0.25) is 0 Å². The maximum atomic E-state index is 13.1. The molecule has 0 spiro atoms. The van der Waals surface area contributed by atoms with Gasteiger partial charge in [-0.05, 0) is 44.5 Å². The molecule has 29 heavy (non-hydrogen) atoms. The summed E-state index contributed by atoms with van der Waals surface area (Å²) in [6, 6.07) is 2.27. The lowest BCUT2D eigenvalue weighted by Gasteiger charge is -2.23. The molecule has 0 radical (unpaired) electrons. The van der Waals surface area contributed by atoms with Crippen molar-refractivity contribution in [1.82, 2.24) is 15.3 Å². The van der Waals surface area contributed by atoms with Gasteiger partial charge in [-0.25, -0.2) is 9.78 Å². The van der Waals surface area contributed by atoms with Crippen molar-refractivity contribution in [2.24, 2.45) is 5.92 Å². The molecule has 0 saturated carbocycles. The molecule has 1 aliphatic rings. The van der Waals surface area contributed by atoms with E-state index in [1.54, 1.807) is 6.92 Å². The number of nitrogens with one attached hydrogen (secondary N) is 3. The van der Waals surface area contributed by atoms with Crippen molar-refractivity contribution in [3.8, 4) is 5.75 Å². The minimum Gasteiger partial charge on any atom is -0.491 e. The number of benzene rings is 1. The number of carbonyl (C=O) groups is 1. The van der Waals surface area contributed by atoms with Gasteiger partial charge in [0.05, 0.1) is 35.9 Å². The summed E-state index contributed by atoms with van der Waals surface area (Å²) in [5.74, 6) is 0.611. The second-order valence-corrected chi connectivity index (χ2v) is 6.85. The largest absolute Gasteiger partial charge is 0.491 e. The lowest BCUT2D eigenvalue weighted by Crippen LogP contribution is -2.33. The Hall–Kier alpha value is -2.88. The Morgan fingerprint density at radius 2 is 2.10 bits per heavy atom. The number of piperidine rings is 1. The Morgan fingerprint density at radius 1 is 1.28 bits per heavy atom. The molecule has 10 heteroatoms. The highest BCUT2D eigenvalue weighted by Gasteiger charge is 2.31. The van der Waals surface area contributed by atoms with Crippen molar-refractivity contribution in [3.05, 3.63) is 41.9 Å². The lowest BCUT2D eigenvalue weighted by molar-refractivity contribution is -0.137. The van der Waals surface area contributed by atoms with E-state index in [-0.39, 0.29) is 23.2 Å². The smallest absolute Gasteiger partial charge is 0.416 e. The Labute approximate surface area is 166 Å². The van der Waals surface area contributed by atoms with E-state index in [1.807, 2.05) is 0 Å². The van der Waals surface area contributed by atoms with Crippen LogP contribution in [-0.2, 0) is 6.18 Å². The Balaban J connectivity index is 1.73. The van der Waals surface area contributed by atoms with E-state index in [0.717, 1.165) is 38.1 Å². The van der Waals surface area contributed by atoms with Crippen molar-refractivity contribution in [3.63, 3.8) is 0 Å². The van der Waals surface area contributed by atoms with E-state index in [1.165, 1.54) is 18.5 Å². The zero-order valence-electron chi connectivity index (χ0n) is 15.8. The first kappa shape index (κ1) is 20.8. The van der Waals surface area contributed by atoms with Crippen LogP contribution in [-0.4, -0.2) is 35.7 Å². The number of carbonyl (C=O) groups excluding carboxylic acids is 1. The topological polar surface area (TPSA) is 88.2 Å². The molecule has 0 bridgehead atoms. The highest BCUT2D eigenvalue weighted by atomic mass is 19.4. The zero-order chi connectivity index (χ0) is 20.9. The average molecular weight is 409 g/mol. The summed E-state index contributed by atoms with van der Waals surface area (Å²) in [7, 11) is 0. The summed E-state index contributed by atoms with van der Waals surface area (Å²) in [5, 5.41) is 8.11. The van der Waals surface area contributed by atoms with Crippen LogP contribution in [0.5, 0.6) is 5.75 Å². The zero-order valence-corrected chi connectivity index (χ0v) is 15.8. The molecule has 3 rings (SSSR count). The molecule has 3 N–H and O–H groups in total. The number of hydrogen-bond acceptors (Lipinski definition) is 5. The number of rotatable bonds is 5. The van der Waals surface area contributed by atoms with E-state index in [4.69, 9.17) is 4.74 Å². The first-order valence-electron chi connectivity index (χ1n) is 9.22. The third-order valence-electron chi connectivity index (χ3n) is 4.45. The minimum atomic E-state index is -4.54. The monoisotopic (exact) mass is 409 g/mol.